The largest absolute Gasteiger partial charge is 0.296 e. The zero-order chi connectivity index (χ0) is 18.7. The van der Waals surface area contributed by atoms with E-state index in [2.05, 4.69) is 15.5 Å². The number of nitrogens with one attached hydrogen (secondary N) is 1. The highest BCUT2D eigenvalue weighted by atomic mass is 35.5. The van der Waals surface area contributed by atoms with E-state index >= 15 is 0 Å². The molecule has 0 unspecified atom stereocenters. The topological polar surface area (TPSA) is 98.0 Å². The van der Waals surface area contributed by atoms with E-state index in [1.807, 2.05) is 0 Å². The fraction of sp³-hybridized carbons (Fsp3) is 0.0625. The number of anilines is 1. The van der Waals surface area contributed by atoms with Crippen molar-refractivity contribution in [1.29, 1.82) is 0 Å². The Balaban J connectivity index is 1.70. The summed E-state index contributed by atoms with van der Waals surface area (Å²) in [5.74, 6) is -0.432. The molecule has 0 aliphatic heterocycles. The molecule has 1 heterocycles. The molecule has 0 atom stereocenters. The molecular formula is C16H10Cl2N4O3S. The first kappa shape index (κ1) is 18.2. The fourth-order valence-corrected chi connectivity index (χ4v) is 3.41. The first-order chi connectivity index (χ1) is 12.4. The molecule has 0 aliphatic rings. The Morgan fingerprint density at radius 1 is 1.12 bits per heavy atom. The lowest BCUT2D eigenvalue weighted by atomic mass is 10.1. The zero-order valence-electron chi connectivity index (χ0n) is 13.0. The summed E-state index contributed by atoms with van der Waals surface area (Å²) in [7, 11) is 0. The molecule has 0 saturated heterocycles. The van der Waals surface area contributed by atoms with E-state index in [1.54, 1.807) is 18.2 Å². The second-order valence-electron chi connectivity index (χ2n) is 5.14. The van der Waals surface area contributed by atoms with Gasteiger partial charge in [-0.05, 0) is 29.8 Å². The van der Waals surface area contributed by atoms with Crippen LogP contribution in [0.2, 0.25) is 10.0 Å². The molecule has 1 amide bonds. The Labute approximate surface area is 161 Å². The van der Waals surface area contributed by atoms with E-state index in [-0.39, 0.29) is 11.3 Å². The molecule has 1 aromatic heterocycles. The number of carbonyl (C=O) groups is 1. The van der Waals surface area contributed by atoms with Gasteiger partial charge in [0.2, 0.25) is 5.13 Å². The van der Waals surface area contributed by atoms with E-state index in [1.165, 1.54) is 35.6 Å². The Bertz CT molecular complexity index is 956. The van der Waals surface area contributed by atoms with Gasteiger partial charge in [0.1, 0.15) is 5.01 Å². The third kappa shape index (κ3) is 4.16. The number of benzene rings is 2. The van der Waals surface area contributed by atoms with Crippen molar-refractivity contribution < 1.29 is 9.72 Å². The molecule has 0 radical (unpaired) electrons. The number of carbonyl (C=O) groups excluding carboxylic acids is 1. The molecule has 0 aliphatic carbocycles. The highest BCUT2D eigenvalue weighted by Crippen LogP contribution is 2.28. The van der Waals surface area contributed by atoms with Gasteiger partial charge in [0.15, 0.2) is 0 Å². The summed E-state index contributed by atoms with van der Waals surface area (Å²) in [4.78, 5) is 22.3. The maximum Gasteiger partial charge on any atom is 0.269 e. The van der Waals surface area contributed by atoms with Crippen molar-refractivity contribution in [2.75, 3.05) is 5.32 Å². The van der Waals surface area contributed by atoms with Crippen LogP contribution in [0.1, 0.15) is 20.9 Å². The van der Waals surface area contributed by atoms with E-state index in [0.29, 0.717) is 26.6 Å². The average Bonchev–Trinajstić information content (AvgIpc) is 3.05. The highest BCUT2D eigenvalue weighted by Gasteiger charge is 2.14. The maximum absolute atomic E-state index is 12.2. The van der Waals surface area contributed by atoms with E-state index in [9.17, 15) is 14.9 Å². The molecule has 0 saturated carbocycles. The number of nitro groups is 1. The lowest BCUT2D eigenvalue weighted by Gasteiger charge is -2.03. The number of nitro benzene ring substituents is 1. The SMILES string of the molecule is O=C(Nc1nnc(Cc2c(Cl)cccc2Cl)s1)c1ccc([N+](=O)[O-])cc1. The zero-order valence-corrected chi connectivity index (χ0v) is 15.3. The van der Waals surface area contributed by atoms with Crippen LogP contribution in [0, 0.1) is 10.1 Å². The molecule has 0 fully saturated rings. The van der Waals surface area contributed by atoms with Crippen molar-refractivity contribution in [3.63, 3.8) is 0 Å². The molecule has 10 heteroatoms. The standard InChI is InChI=1S/C16H10Cl2N4O3S/c17-12-2-1-3-13(18)11(12)8-14-20-21-16(26-14)19-15(23)9-4-6-10(7-5-9)22(24)25/h1-7H,8H2,(H,19,21,23). The van der Waals surface area contributed by atoms with Crippen molar-refractivity contribution in [2.24, 2.45) is 0 Å². The lowest BCUT2D eigenvalue weighted by molar-refractivity contribution is -0.384. The number of hydrogen-bond donors (Lipinski definition) is 1. The molecule has 3 rings (SSSR count). The number of aromatic nitrogens is 2. The van der Waals surface area contributed by atoms with Gasteiger partial charge in [0.05, 0.1) is 4.92 Å². The second kappa shape index (κ2) is 7.77. The molecule has 7 nitrogen and oxygen atoms in total. The predicted octanol–water partition coefficient (Wildman–Crippen LogP) is 4.60. The van der Waals surface area contributed by atoms with E-state index in [0.717, 1.165) is 5.56 Å². The summed E-state index contributed by atoms with van der Waals surface area (Å²) in [6.07, 6.45) is 0.392. The van der Waals surface area contributed by atoms with Crippen LogP contribution in [0.25, 0.3) is 0 Å². The van der Waals surface area contributed by atoms with Gasteiger partial charge in [-0.3, -0.25) is 20.2 Å². The number of rotatable bonds is 5. The molecule has 0 spiro atoms. The molecule has 1 N–H and O–H groups in total. The van der Waals surface area contributed by atoms with Crippen molar-refractivity contribution in [3.05, 3.63) is 78.8 Å². The van der Waals surface area contributed by atoms with E-state index < -0.39 is 10.8 Å². The molecule has 2 aromatic carbocycles. The number of non-ortho nitro benzene ring substituents is 1. The Kier molecular flexibility index (Phi) is 5.46. The molecule has 3 aromatic rings. The predicted molar refractivity (Wildman–Crippen MR) is 100 cm³/mol. The van der Waals surface area contributed by atoms with Crippen molar-refractivity contribution >= 4 is 51.3 Å². The normalized spacial score (nSPS) is 10.5. The van der Waals surface area contributed by atoms with Crippen LogP contribution in [0.5, 0.6) is 0 Å². The smallest absolute Gasteiger partial charge is 0.269 e. The minimum Gasteiger partial charge on any atom is -0.296 e. The number of amides is 1. The van der Waals surface area contributed by atoms with Crippen LogP contribution in [-0.2, 0) is 6.42 Å². The van der Waals surface area contributed by atoms with Gasteiger partial charge in [-0.15, -0.1) is 10.2 Å². The molecular weight excluding hydrogens is 399 g/mol. The summed E-state index contributed by atoms with van der Waals surface area (Å²) in [6.45, 7) is 0. The second-order valence-corrected chi connectivity index (χ2v) is 7.01. The van der Waals surface area contributed by atoms with Gasteiger partial charge < -0.3 is 0 Å². The lowest BCUT2D eigenvalue weighted by Crippen LogP contribution is -2.11. The summed E-state index contributed by atoms with van der Waals surface area (Å²) in [5.41, 5.74) is 0.929. The van der Waals surface area contributed by atoms with Crippen LogP contribution in [0.15, 0.2) is 42.5 Å². The average molecular weight is 409 g/mol. The number of hydrogen-bond acceptors (Lipinski definition) is 6. The molecule has 26 heavy (non-hydrogen) atoms. The molecule has 0 bridgehead atoms. The minimum atomic E-state index is -0.529. The Morgan fingerprint density at radius 3 is 2.38 bits per heavy atom. The summed E-state index contributed by atoms with van der Waals surface area (Å²) in [5, 5.41) is 23.2. The Hall–Kier alpha value is -2.55. The Morgan fingerprint density at radius 2 is 1.77 bits per heavy atom. The highest BCUT2D eigenvalue weighted by molar-refractivity contribution is 7.15. The van der Waals surface area contributed by atoms with Crippen molar-refractivity contribution in [3.8, 4) is 0 Å². The summed E-state index contributed by atoms with van der Waals surface area (Å²) >= 11 is 13.5. The van der Waals surface area contributed by atoms with Gasteiger partial charge in [-0.25, -0.2) is 0 Å². The van der Waals surface area contributed by atoms with Crippen molar-refractivity contribution in [2.45, 2.75) is 6.42 Å². The molecule has 132 valence electrons. The van der Waals surface area contributed by atoms with Crippen molar-refractivity contribution in [1.82, 2.24) is 10.2 Å². The van der Waals surface area contributed by atoms with E-state index in [4.69, 9.17) is 23.2 Å². The van der Waals surface area contributed by atoms with Crippen LogP contribution in [0.4, 0.5) is 10.8 Å². The van der Waals surface area contributed by atoms with Crippen LogP contribution < -0.4 is 5.32 Å². The van der Waals surface area contributed by atoms with Crippen LogP contribution >= 0.6 is 34.5 Å². The fourth-order valence-electron chi connectivity index (χ4n) is 2.13. The van der Waals surface area contributed by atoms with Crippen LogP contribution in [0.3, 0.4) is 0 Å². The van der Waals surface area contributed by atoms with Crippen LogP contribution in [-0.4, -0.2) is 21.0 Å². The first-order valence-corrected chi connectivity index (χ1v) is 8.82. The number of nitrogens with zero attached hydrogens (tertiary/aromatic N) is 3. The van der Waals surface area contributed by atoms with Gasteiger partial charge in [0, 0.05) is 34.2 Å². The maximum atomic E-state index is 12.2. The van der Waals surface area contributed by atoms with Gasteiger partial charge in [0.25, 0.3) is 11.6 Å². The summed E-state index contributed by atoms with van der Waals surface area (Å²) < 4.78 is 0. The van der Waals surface area contributed by atoms with Gasteiger partial charge >= 0.3 is 0 Å². The number of halogens is 2. The monoisotopic (exact) mass is 408 g/mol. The first-order valence-electron chi connectivity index (χ1n) is 7.25. The quantitative estimate of drug-likeness (QED) is 0.491. The third-order valence-electron chi connectivity index (χ3n) is 3.42. The summed E-state index contributed by atoms with van der Waals surface area (Å²) in [6, 6.07) is 10.5. The third-order valence-corrected chi connectivity index (χ3v) is 4.96. The van der Waals surface area contributed by atoms with Gasteiger partial charge in [-0.1, -0.05) is 40.6 Å². The minimum absolute atomic E-state index is 0.0867. The van der Waals surface area contributed by atoms with Gasteiger partial charge in [-0.2, -0.15) is 0 Å².